The van der Waals surface area contributed by atoms with Crippen molar-refractivity contribution in [1.29, 1.82) is 0 Å². The highest BCUT2D eigenvalue weighted by Crippen LogP contribution is 2.18. The van der Waals surface area contributed by atoms with Gasteiger partial charge in [0.15, 0.2) is 0 Å². The quantitative estimate of drug-likeness (QED) is 0.669. The van der Waals surface area contributed by atoms with Crippen molar-refractivity contribution in [3.05, 3.63) is 29.8 Å². The van der Waals surface area contributed by atoms with Gasteiger partial charge >= 0.3 is 0 Å². The highest BCUT2D eigenvalue weighted by Gasteiger charge is 2.10. The first-order valence-corrected chi connectivity index (χ1v) is 7.34. The summed E-state index contributed by atoms with van der Waals surface area (Å²) < 4.78 is 10.8. The largest absolute Gasteiger partial charge is 0.494 e. The van der Waals surface area contributed by atoms with Crippen LogP contribution in [0.4, 0.5) is 0 Å². The molecule has 1 atom stereocenters. The van der Waals surface area contributed by atoms with Crippen molar-refractivity contribution in [2.75, 3.05) is 40.0 Å². The fourth-order valence-corrected chi connectivity index (χ4v) is 1.86. The van der Waals surface area contributed by atoms with E-state index in [1.54, 1.807) is 0 Å². The van der Waals surface area contributed by atoms with E-state index in [9.17, 15) is 5.11 Å². The van der Waals surface area contributed by atoms with E-state index in [0.29, 0.717) is 13.2 Å². The Bertz CT molecular complexity index is 353. The van der Waals surface area contributed by atoms with E-state index in [2.05, 4.69) is 11.8 Å². The Morgan fingerprint density at radius 3 is 2.45 bits per heavy atom. The van der Waals surface area contributed by atoms with Crippen LogP contribution >= 0.6 is 0 Å². The van der Waals surface area contributed by atoms with Crippen molar-refractivity contribution < 1.29 is 14.6 Å². The average Bonchev–Trinajstić information content (AvgIpc) is 2.46. The standard InChI is InChI=1S/C16H27NO3/c1-4-11-20-15-8-6-14(7-9-15)16(18)13-17(3)10-12-19-5-2/h6-9,16,18H,4-5,10-13H2,1-3H3. The maximum Gasteiger partial charge on any atom is 0.119 e. The number of benzene rings is 1. The van der Waals surface area contributed by atoms with Crippen LogP contribution in [0, 0.1) is 0 Å². The van der Waals surface area contributed by atoms with Gasteiger partial charge in [0.05, 0.1) is 19.3 Å². The molecule has 0 aliphatic heterocycles. The lowest BCUT2D eigenvalue weighted by atomic mass is 10.1. The van der Waals surface area contributed by atoms with Gasteiger partial charge < -0.3 is 19.5 Å². The topological polar surface area (TPSA) is 41.9 Å². The second kappa shape index (κ2) is 9.75. The zero-order chi connectivity index (χ0) is 14.8. The van der Waals surface area contributed by atoms with Crippen LogP contribution in [-0.2, 0) is 4.74 Å². The minimum Gasteiger partial charge on any atom is -0.494 e. The van der Waals surface area contributed by atoms with Gasteiger partial charge in [0.25, 0.3) is 0 Å². The Morgan fingerprint density at radius 1 is 1.15 bits per heavy atom. The molecular weight excluding hydrogens is 254 g/mol. The molecule has 4 nitrogen and oxygen atoms in total. The van der Waals surface area contributed by atoms with Crippen LogP contribution in [0.2, 0.25) is 0 Å². The van der Waals surface area contributed by atoms with Crippen molar-refractivity contribution in [1.82, 2.24) is 4.90 Å². The maximum absolute atomic E-state index is 10.2. The number of aliphatic hydroxyl groups is 1. The minimum atomic E-state index is -0.484. The molecule has 0 aliphatic carbocycles. The summed E-state index contributed by atoms with van der Waals surface area (Å²) in [4.78, 5) is 2.07. The molecular formula is C16H27NO3. The zero-order valence-electron chi connectivity index (χ0n) is 12.8. The SMILES string of the molecule is CCCOc1ccc(C(O)CN(C)CCOCC)cc1. The van der Waals surface area contributed by atoms with Crippen molar-refractivity contribution in [3.8, 4) is 5.75 Å². The first-order chi connectivity index (χ1) is 9.67. The molecule has 0 amide bonds. The molecule has 1 aromatic carbocycles. The van der Waals surface area contributed by atoms with Crippen LogP contribution in [0.15, 0.2) is 24.3 Å². The summed E-state index contributed by atoms with van der Waals surface area (Å²) >= 11 is 0. The first kappa shape index (κ1) is 17.0. The number of hydrogen-bond acceptors (Lipinski definition) is 4. The van der Waals surface area contributed by atoms with E-state index in [1.165, 1.54) is 0 Å². The molecule has 1 aromatic rings. The van der Waals surface area contributed by atoms with E-state index in [1.807, 2.05) is 38.2 Å². The average molecular weight is 281 g/mol. The Labute approximate surface area is 122 Å². The summed E-state index contributed by atoms with van der Waals surface area (Å²) in [5.74, 6) is 0.854. The Balaban J connectivity index is 2.40. The van der Waals surface area contributed by atoms with E-state index >= 15 is 0 Å². The Morgan fingerprint density at radius 2 is 1.85 bits per heavy atom. The van der Waals surface area contributed by atoms with Gasteiger partial charge in [0.2, 0.25) is 0 Å². The molecule has 0 heterocycles. The summed E-state index contributed by atoms with van der Waals surface area (Å²) in [7, 11) is 1.99. The summed E-state index contributed by atoms with van der Waals surface area (Å²) in [6.45, 7) is 7.64. The molecule has 0 aliphatic rings. The third-order valence-corrected chi connectivity index (χ3v) is 3.04. The van der Waals surface area contributed by atoms with Crippen LogP contribution in [0.1, 0.15) is 31.9 Å². The monoisotopic (exact) mass is 281 g/mol. The van der Waals surface area contributed by atoms with Gasteiger partial charge in [-0.05, 0) is 38.1 Å². The molecule has 1 N–H and O–H groups in total. The predicted molar refractivity (Wildman–Crippen MR) is 81.2 cm³/mol. The number of rotatable bonds is 10. The van der Waals surface area contributed by atoms with Crippen molar-refractivity contribution >= 4 is 0 Å². The smallest absolute Gasteiger partial charge is 0.119 e. The minimum absolute atomic E-state index is 0.484. The van der Waals surface area contributed by atoms with Gasteiger partial charge in [-0.1, -0.05) is 19.1 Å². The van der Waals surface area contributed by atoms with Gasteiger partial charge in [-0.2, -0.15) is 0 Å². The summed E-state index contributed by atoms with van der Waals surface area (Å²) in [5.41, 5.74) is 0.914. The lowest BCUT2D eigenvalue weighted by Gasteiger charge is -2.20. The maximum atomic E-state index is 10.2. The van der Waals surface area contributed by atoms with E-state index < -0.39 is 6.10 Å². The number of hydrogen-bond donors (Lipinski definition) is 1. The Hall–Kier alpha value is -1.10. The summed E-state index contributed by atoms with van der Waals surface area (Å²) in [5, 5.41) is 10.2. The second-order valence-electron chi connectivity index (χ2n) is 4.89. The van der Waals surface area contributed by atoms with Crippen LogP contribution in [0.3, 0.4) is 0 Å². The molecule has 0 fully saturated rings. The first-order valence-electron chi connectivity index (χ1n) is 7.34. The molecule has 0 bridgehead atoms. The van der Waals surface area contributed by atoms with Crippen molar-refractivity contribution in [3.63, 3.8) is 0 Å². The molecule has 4 heteroatoms. The van der Waals surface area contributed by atoms with Crippen LogP contribution in [-0.4, -0.2) is 50.0 Å². The molecule has 0 spiro atoms. The lowest BCUT2D eigenvalue weighted by molar-refractivity contribution is 0.0890. The van der Waals surface area contributed by atoms with Crippen LogP contribution in [0.25, 0.3) is 0 Å². The third-order valence-electron chi connectivity index (χ3n) is 3.04. The molecule has 0 radical (unpaired) electrons. The molecule has 1 unspecified atom stereocenters. The summed E-state index contributed by atoms with van der Waals surface area (Å²) in [6.07, 6.45) is 0.511. The lowest BCUT2D eigenvalue weighted by Crippen LogP contribution is -2.28. The van der Waals surface area contributed by atoms with Crippen molar-refractivity contribution in [2.24, 2.45) is 0 Å². The van der Waals surface area contributed by atoms with Crippen molar-refractivity contribution in [2.45, 2.75) is 26.4 Å². The third kappa shape index (κ3) is 6.37. The van der Waals surface area contributed by atoms with Gasteiger partial charge in [0.1, 0.15) is 5.75 Å². The zero-order valence-corrected chi connectivity index (χ0v) is 12.8. The molecule has 0 saturated carbocycles. The van der Waals surface area contributed by atoms with E-state index in [0.717, 1.165) is 37.5 Å². The number of likely N-dealkylation sites (N-methyl/N-ethyl adjacent to an activating group) is 1. The summed E-state index contributed by atoms with van der Waals surface area (Å²) in [6, 6.07) is 7.67. The second-order valence-corrected chi connectivity index (χ2v) is 4.89. The fraction of sp³-hybridized carbons (Fsp3) is 0.625. The van der Waals surface area contributed by atoms with Gasteiger partial charge in [-0.3, -0.25) is 0 Å². The normalized spacial score (nSPS) is 12.7. The van der Waals surface area contributed by atoms with E-state index in [-0.39, 0.29) is 0 Å². The predicted octanol–water partition coefficient (Wildman–Crippen LogP) is 2.48. The van der Waals surface area contributed by atoms with Crippen LogP contribution in [0.5, 0.6) is 5.75 Å². The molecule has 1 rings (SSSR count). The molecule has 0 saturated heterocycles. The number of aliphatic hydroxyl groups excluding tert-OH is 1. The molecule has 114 valence electrons. The van der Waals surface area contributed by atoms with Gasteiger partial charge in [0, 0.05) is 19.7 Å². The highest BCUT2D eigenvalue weighted by atomic mass is 16.5. The molecule has 20 heavy (non-hydrogen) atoms. The van der Waals surface area contributed by atoms with Crippen LogP contribution < -0.4 is 4.74 Å². The number of nitrogens with zero attached hydrogens (tertiary/aromatic N) is 1. The van der Waals surface area contributed by atoms with Gasteiger partial charge in [-0.25, -0.2) is 0 Å². The Kier molecular flexibility index (Phi) is 8.26. The highest BCUT2D eigenvalue weighted by molar-refractivity contribution is 5.28. The fourth-order valence-electron chi connectivity index (χ4n) is 1.86. The number of ether oxygens (including phenoxy) is 2. The molecule has 0 aromatic heterocycles. The van der Waals surface area contributed by atoms with Gasteiger partial charge in [-0.15, -0.1) is 0 Å². The van der Waals surface area contributed by atoms with E-state index in [4.69, 9.17) is 9.47 Å².